The fourth-order valence-electron chi connectivity index (χ4n) is 2.19. The lowest BCUT2D eigenvalue weighted by molar-refractivity contribution is -0.119. The van der Waals surface area contributed by atoms with E-state index in [1.165, 1.54) is 17.9 Å². The van der Waals surface area contributed by atoms with Gasteiger partial charge < -0.3 is 10.2 Å². The Labute approximate surface area is 126 Å². The van der Waals surface area contributed by atoms with Crippen LogP contribution < -0.4 is 5.32 Å². The Hall–Kier alpha value is -1.77. The van der Waals surface area contributed by atoms with E-state index in [1.54, 1.807) is 6.07 Å². The van der Waals surface area contributed by atoms with Gasteiger partial charge in [-0.2, -0.15) is 5.26 Å². The zero-order valence-corrected chi connectivity index (χ0v) is 12.1. The molecule has 1 aliphatic rings. The third-order valence-electron chi connectivity index (χ3n) is 3.05. The highest BCUT2D eigenvalue weighted by Crippen LogP contribution is 2.40. The Bertz CT molecular complexity index is 625. The average Bonchev–Trinajstić information content (AvgIpc) is 2.68. The molecule has 1 aromatic carbocycles. The number of benzene rings is 1. The molecule has 1 heterocycles. The molecule has 0 fully saturated rings. The van der Waals surface area contributed by atoms with Crippen LogP contribution in [0.2, 0.25) is 10.0 Å². The number of nitrogens with zero attached hydrogens (tertiary/aromatic N) is 2. The topological polar surface area (TPSA) is 73.2 Å². The van der Waals surface area contributed by atoms with Crippen molar-refractivity contribution in [1.29, 1.82) is 5.26 Å². The molecule has 1 unspecified atom stereocenters. The van der Waals surface area contributed by atoms with Crippen molar-refractivity contribution in [3.05, 3.63) is 33.3 Å². The lowest BCUT2D eigenvalue weighted by Gasteiger charge is -2.20. The average molecular weight is 312 g/mol. The van der Waals surface area contributed by atoms with Crippen molar-refractivity contribution in [3.8, 4) is 6.07 Å². The molecule has 2 amide bonds. The number of amides is 2. The Morgan fingerprint density at radius 3 is 2.70 bits per heavy atom. The standard InChI is InChI=1S/C13H11Cl2N3O2/c1-7(19)17-4-5-18-10(6-16)11-8(14)2-3-9(15)12(11)13(18)20/h2-3,10H,4-5H2,1H3,(H,17,19). The molecule has 2 rings (SSSR count). The molecular formula is C13H11Cl2N3O2. The number of rotatable bonds is 3. The predicted octanol–water partition coefficient (Wildman–Crippen LogP) is 2.15. The summed E-state index contributed by atoms with van der Waals surface area (Å²) >= 11 is 12.1. The molecule has 0 spiro atoms. The van der Waals surface area contributed by atoms with Gasteiger partial charge in [0.1, 0.15) is 6.04 Å². The molecule has 104 valence electrons. The number of nitriles is 1. The van der Waals surface area contributed by atoms with E-state index in [2.05, 4.69) is 11.4 Å². The van der Waals surface area contributed by atoms with Crippen LogP contribution in [0.4, 0.5) is 0 Å². The fourth-order valence-corrected chi connectivity index (χ4v) is 2.69. The molecular weight excluding hydrogens is 301 g/mol. The van der Waals surface area contributed by atoms with Crippen LogP contribution in [0.15, 0.2) is 12.1 Å². The van der Waals surface area contributed by atoms with E-state index in [0.29, 0.717) is 10.6 Å². The first-order valence-corrected chi connectivity index (χ1v) is 6.66. The second-order valence-electron chi connectivity index (χ2n) is 4.33. The highest BCUT2D eigenvalue weighted by atomic mass is 35.5. The summed E-state index contributed by atoms with van der Waals surface area (Å²) in [5.41, 5.74) is 0.711. The minimum Gasteiger partial charge on any atom is -0.355 e. The van der Waals surface area contributed by atoms with Crippen LogP contribution in [0.25, 0.3) is 0 Å². The quantitative estimate of drug-likeness (QED) is 0.929. The number of hydrogen-bond acceptors (Lipinski definition) is 3. The van der Waals surface area contributed by atoms with Gasteiger partial charge in [0.05, 0.1) is 16.7 Å². The Morgan fingerprint density at radius 1 is 1.45 bits per heavy atom. The fraction of sp³-hybridized carbons (Fsp3) is 0.308. The number of nitrogens with one attached hydrogen (secondary N) is 1. The molecule has 1 N–H and O–H groups in total. The second kappa shape index (κ2) is 5.70. The highest BCUT2D eigenvalue weighted by molar-refractivity contribution is 6.37. The molecule has 1 aromatic rings. The largest absolute Gasteiger partial charge is 0.355 e. The van der Waals surface area contributed by atoms with Gasteiger partial charge in [-0.1, -0.05) is 23.2 Å². The molecule has 0 saturated carbocycles. The monoisotopic (exact) mass is 311 g/mol. The number of halogens is 2. The highest BCUT2D eigenvalue weighted by Gasteiger charge is 2.39. The molecule has 1 atom stereocenters. The molecule has 0 aliphatic carbocycles. The summed E-state index contributed by atoms with van der Waals surface area (Å²) in [4.78, 5) is 24.5. The maximum Gasteiger partial charge on any atom is 0.257 e. The Kier molecular flexibility index (Phi) is 4.17. The summed E-state index contributed by atoms with van der Waals surface area (Å²) in [5.74, 6) is -0.539. The van der Waals surface area contributed by atoms with Gasteiger partial charge in [0.15, 0.2) is 0 Å². The zero-order chi connectivity index (χ0) is 14.9. The van der Waals surface area contributed by atoms with Crippen LogP contribution in [0, 0.1) is 11.3 Å². The van der Waals surface area contributed by atoms with Gasteiger partial charge in [-0.3, -0.25) is 9.59 Å². The van der Waals surface area contributed by atoms with Gasteiger partial charge in [-0.05, 0) is 12.1 Å². The maximum atomic E-state index is 12.3. The van der Waals surface area contributed by atoms with Crippen molar-refractivity contribution >= 4 is 35.0 Å². The van der Waals surface area contributed by atoms with Crippen molar-refractivity contribution in [3.63, 3.8) is 0 Å². The summed E-state index contributed by atoms with van der Waals surface area (Å²) < 4.78 is 0. The van der Waals surface area contributed by atoms with Crippen LogP contribution in [-0.2, 0) is 4.79 Å². The van der Waals surface area contributed by atoms with Crippen molar-refractivity contribution in [2.24, 2.45) is 0 Å². The first-order chi connectivity index (χ1) is 9.47. The van der Waals surface area contributed by atoms with Crippen molar-refractivity contribution in [1.82, 2.24) is 10.2 Å². The SMILES string of the molecule is CC(=O)NCCN1C(=O)c2c(Cl)ccc(Cl)c2C1C#N. The summed E-state index contributed by atoms with van der Waals surface area (Å²) in [6, 6.07) is 4.38. The van der Waals surface area contributed by atoms with Crippen LogP contribution >= 0.6 is 23.2 Å². The van der Waals surface area contributed by atoms with Crippen LogP contribution in [0.1, 0.15) is 28.9 Å². The molecule has 0 radical (unpaired) electrons. The van der Waals surface area contributed by atoms with Crippen LogP contribution in [-0.4, -0.2) is 29.8 Å². The summed E-state index contributed by atoms with van der Waals surface area (Å²) in [7, 11) is 0. The van der Waals surface area contributed by atoms with Crippen molar-refractivity contribution < 1.29 is 9.59 Å². The summed E-state index contributed by atoms with van der Waals surface area (Å²) in [6.45, 7) is 1.87. The Morgan fingerprint density at radius 2 is 2.10 bits per heavy atom. The van der Waals surface area contributed by atoms with E-state index in [4.69, 9.17) is 23.2 Å². The van der Waals surface area contributed by atoms with Crippen molar-refractivity contribution in [2.45, 2.75) is 13.0 Å². The molecule has 0 saturated heterocycles. The second-order valence-corrected chi connectivity index (χ2v) is 5.15. The van der Waals surface area contributed by atoms with E-state index in [9.17, 15) is 14.9 Å². The van der Waals surface area contributed by atoms with E-state index >= 15 is 0 Å². The predicted molar refractivity (Wildman–Crippen MR) is 74.5 cm³/mol. The van der Waals surface area contributed by atoms with E-state index in [-0.39, 0.29) is 35.5 Å². The Balaban J connectivity index is 2.33. The molecule has 20 heavy (non-hydrogen) atoms. The number of fused-ring (bicyclic) bond motifs is 1. The number of carbonyl (C=O) groups is 2. The van der Waals surface area contributed by atoms with Gasteiger partial charge in [-0.25, -0.2) is 0 Å². The number of carbonyl (C=O) groups excluding carboxylic acids is 2. The zero-order valence-electron chi connectivity index (χ0n) is 10.6. The lowest BCUT2D eigenvalue weighted by atomic mass is 10.1. The molecule has 0 aromatic heterocycles. The first-order valence-electron chi connectivity index (χ1n) is 5.90. The molecule has 0 bridgehead atoms. The van der Waals surface area contributed by atoms with Crippen molar-refractivity contribution in [2.75, 3.05) is 13.1 Å². The van der Waals surface area contributed by atoms with Crippen LogP contribution in [0.5, 0.6) is 0 Å². The molecule has 5 nitrogen and oxygen atoms in total. The molecule has 1 aliphatic heterocycles. The third-order valence-corrected chi connectivity index (χ3v) is 3.69. The van der Waals surface area contributed by atoms with E-state index in [1.807, 2.05) is 0 Å². The minimum atomic E-state index is -0.780. The smallest absolute Gasteiger partial charge is 0.257 e. The van der Waals surface area contributed by atoms with Gasteiger partial charge in [0.25, 0.3) is 5.91 Å². The van der Waals surface area contributed by atoms with E-state index < -0.39 is 6.04 Å². The maximum absolute atomic E-state index is 12.3. The molecule has 7 heteroatoms. The number of hydrogen-bond donors (Lipinski definition) is 1. The third kappa shape index (κ3) is 2.45. The van der Waals surface area contributed by atoms with Gasteiger partial charge in [0.2, 0.25) is 5.91 Å². The van der Waals surface area contributed by atoms with Crippen LogP contribution in [0.3, 0.4) is 0 Å². The summed E-state index contributed by atoms with van der Waals surface area (Å²) in [6.07, 6.45) is 0. The van der Waals surface area contributed by atoms with Gasteiger partial charge in [-0.15, -0.1) is 0 Å². The summed E-state index contributed by atoms with van der Waals surface area (Å²) in [5, 5.41) is 12.5. The minimum absolute atomic E-state index is 0.196. The normalized spacial score (nSPS) is 16.8. The lowest BCUT2D eigenvalue weighted by Crippen LogP contribution is -2.36. The van der Waals surface area contributed by atoms with Gasteiger partial charge >= 0.3 is 0 Å². The van der Waals surface area contributed by atoms with E-state index in [0.717, 1.165) is 0 Å². The first kappa shape index (κ1) is 14.6. The van der Waals surface area contributed by atoms with Gasteiger partial charge in [0, 0.05) is 30.6 Å².